The number of phenols is 1. The van der Waals surface area contributed by atoms with Gasteiger partial charge >= 0.3 is 29.6 Å². The van der Waals surface area contributed by atoms with E-state index in [1.165, 1.54) is 0 Å². The summed E-state index contributed by atoms with van der Waals surface area (Å²) < 4.78 is 0. The molecule has 0 atom stereocenters. The van der Waals surface area contributed by atoms with Gasteiger partial charge in [-0.1, -0.05) is 11.6 Å². The summed E-state index contributed by atoms with van der Waals surface area (Å²) in [4.78, 5) is 0. The van der Waals surface area contributed by atoms with Crippen LogP contribution in [0.1, 0.15) is 6.99 Å². The number of aromatic hydroxyl groups is 1. The van der Waals surface area contributed by atoms with Crippen molar-refractivity contribution in [2.24, 2.45) is 0 Å². The summed E-state index contributed by atoms with van der Waals surface area (Å²) in [5.41, 5.74) is 0.900. The molecule has 1 rings (SSSR count). The predicted molar refractivity (Wildman–Crippen MR) is 39.0 cm³/mol. The predicted octanol–water partition coefficient (Wildman–Crippen LogP) is -0.529. The molecule has 0 saturated carbocycles. The van der Waals surface area contributed by atoms with Crippen LogP contribution in [0.5, 0.6) is 5.75 Å². The standard InChI is InChI=1S/C7H7ClO.Na.H/c1-5-4-6(9)2-3-7(5)8;;/h2-4,9H,1H3;;/q;+1;-1. The van der Waals surface area contributed by atoms with Crippen LogP contribution >= 0.6 is 11.6 Å². The van der Waals surface area contributed by atoms with E-state index in [-0.39, 0.29) is 36.7 Å². The van der Waals surface area contributed by atoms with Crippen molar-refractivity contribution in [2.75, 3.05) is 0 Å². The van der Waals surface area contributed by atoms with E-state index in [1.807, 2.05) is 6.92 Å². The summed E-state index contributed by atoms with van der Waals surface area (Å²) in [5, 5.41) is 9.57. The first-order valence-electron chi connectivity index (χ1n) is 2.65. The molecule has 0 unspecified atom stereocenters. The molecule has 0 aliphatic carbocycles. The van der Waals surface area contributed by atoms with E-state index in [2.05, 4.69) is 0 Å². The van der Waals surface area contributed by atoms with Gasteiger partial charge in [-0.3, -0.25) is 0 Å². The van der Waals surface area contributed by atoms with Crippen molar-refractivity contribution in [3.63, 3.8) is 0 Å². The third-order valence-corrected chi connectivity index (χ3v) is 1.57. The summed E-state index contributed by atoms with van der Waals surface area (Å²) in [6, 6.07) is 4.86. The van der Waals surface area contributed by atoms with Crippen molar-refractivity contribution in [1.82, 2.24) is 0 Å². The molecule has 0 saturated heterocycles. The maximum absolute atomic E-state index is 8.88. The second kappa shape index (κ2) is 4.24. The number of hydrogen-bond donors (Lipinski definition) is 1. The van der Waals surface area contributed by atoms with Crippen LogP contribution in [0.25, 0.3) is 0 Å². The molecule has 0 aromatic heterocycles. The second-order valence-electron chi connectivity index (χ2n) is 1.93. The monoisotopic (exact) mass is 166 g/mol. The van der Waals surface area contributed by atoms with Crippen molar-refractivity contribution in [2.45, 2.75) is 6.92 Å². The van der Waals surface area contributed by atoms with Crippen LogP contribution in [0.3, 0.4) is 0 Å². The Balaban J connectivity index is 0. The first-order chi connectivity index (χ1) is 4.20. The summed E-state index contributed by atoms with van der Waals surface area (Å²) >= 11 is 5.67. The van der Waals surface area contributed by atoms with E-state index < -0.39 is 0 Å². The zero-order valence-corrected chi connectivity index (χ0v) is 8.81. The van der Waals surface area contributed by atoms with E-state index in [1.54, 1.807) is 18.2 Å². The molecular weight excluding hydrogens is 159 g/mol. The number of rotatable bonds is 0. The molecule has 0 radical (unpaired) electrons. The van der Waals surface area contributed by atoms with Gasteiger partial charge in [0.1, 0.15) is 5.75 Å². The van der Waals surface area contributed by atoms with E-state index in [9.17, 15) is 0 Å². The Kier molecular flexibility index (Phi) is 4.37. The van der Waals surface area contributed by atoms with Crippen molar-refractivity contribution in [3.05, 3.63) is 28.8 Å². The molecular formula is C7H8ClNaO. The largest absolute Gasteiger partial charge is 1.00 e. The minimum atomic E-state index is 0. The molecule has 0 fully saturated rings. The van der Waals surface area contributed by atoms with E-state index >= 15 is 0 Å². The Morgan fingerprint density at radius 3 is 2.50 bits per heavy atom. The van der Waals surface area contributed by atoms with Crippen LogP contribution in [0.4, 0.5) is 0 Å². The van der Waals surface area contributed by atoms with Crippen LogP contribution in [0.2, 0.25) is 5.02 Å². The molecule has 50 valence electrons. The van der Waals surface area contributed by atoms with Gasteiger partial charge in [0.15, 0.2) is 0 Å². The second-order valence-corrected chi connectivity index (χ2v) is 2.34. The van der Waals surface area contributed by atoms with Gasteiger partial charge in [0.25, 0.3) is 0 Å². The Bertz CT molecular complexity index is 230. The van der Waals surface area contributed by atoms with Gasteiger partial charge in [-0.05, 0) is 30.7 Å². The quantitative estimate of drug-likeness (QED) is 0.514. The van der Waals surface area contributed by atoms with Gasteiger partial charge in [-0.15, -0.1) is 0 Å². The molecule has 1 aromatic carbocycles. The molecule has 1 aromatic rings. The van der Waals surface area contributed by atoms with Crippen LogP contribution in [-0.2, 0) is 0 Å². The molecule has 0 spiro atoms. The molecule has 0 amide bonds. The average molecular weight is 167 g/mol. The fourth-order valence-corrected chi connectivity index (χ4v) is 0.746. The van der Waals surface area contributed by atoms with Crippen LogP contribution in [0, 0.1) is 6.92 Å². The number of phenolic OH excluding ortho intramolecular Hbond substituents is 1. The van der Waals surface area contributed by atoms with Crippen LogP contribution in [-0.4, -0.2) is 5.11 Å². The summed E-state index contributed by atoms with van der Waals surface area (Å²) in [6.45, 7) is 1.85. The van der Waals surface area contributed by atoms with E-state index in [0.717, 1.165) is 5.56 Å². The number of hydrogen-bond acceptors (Lipinski definition) is 1. The molecule has 0 bridgehead atoms. The third-order valence-electron chi connectivity index (χ3n) is 1.14. The molecule has 1 nitrogen and oxygen atoms in total. The van der Waals surface area contributed by atoms with Gasteiger partial charge in [-0.25, -0.2) is 0 Å². The molecule has 0 aliphatic heterocycles. The molecule has 10 heavy (non-hydrogen) atoms. The SMILES string of the molecule is Cc1cc(O)ccc1Cl.[H-].[Na+]. The number of benzene rings is 1. The molecule has 3 heteroatoms. The van der Waals surface area contributed by atoms with Gasteiger partial charge in [0.2, 0.25) is 0 Å². The first kappa shape index (κ1) is 10.3. The molecule has 0 aliphatic rings. The van der Waals surface area contributed by atoms with Crippen molar-refractivity contribution < 1.29 is 36.1 Å². The maximum Gasteiger partial charge on any atom is 1.00 e. The molecule has 0 heterocycles. The van der Waals surface area contributed by atoms with Crippen molar-refractivity contribution >= 4 is 11.6 Å². The van der Waals surface area contributed by atoms with E-state index in [4.69, 9.17) is 16.7 Å². The fraction of sp³-hybridized carbons (Fsp3) is 0.143. The van der Waals surface area contributed by atoms with Gasteiger partial charge in [0, 0.05) is 5.02 Å². The van der Waals surface area contributed by atoms with Gasteiger partial charge < -0.3 is 6.53 Å². The first-order valence-corrected chi connectivity index (χ1v) is 3.03. The van der Waals surface area contributed by atoms with Crippen molar-refractivity contribution in [3.8, 4) is 5.75 Å². The topological polar surface area (TPSA) is 20.2 Å². The van der Waals surface area contributed by atoms with Crippen LogP contribution in [0.15, 0.2) is 18.2 Å². The third kappa shape index (κ3) is 2.51. The number of halogens is 1. The minimum Gasteiger partial charge on any atom is -1.00 e. The zero-order valence-electron chi connectivity index (χ0n) is 7.06. The number of aryl methyl sites for hydroxylation is 1. The summed E-state index contributed by atoms with van der Waals surface area (Å²) in [6.07, 6.45) is 0. The minimum absolute atomic E-state index is 0. The summed E-state index contributed by atoms with van der Waals surface area (Å²) in [7, 11) is 0. The zero-order chi connectivity index (χ0) is 6.85. The normalized spacial score (nSPS) is 8.60. The maximum atomic E-state index is 8.88. The Labute approximate surface area is 88.8 Å². The average Bonchev–Trinajstić information content (AvgIpc) is 1.80. The van der Waals surface area contributed by atoms with Gasteiger partial charge in [-0.2, -0.15) is 0 Å². The Morgan fingerprint density at radius 1 is 1.50 bits per heavy atom. The smallest absolute Gasteiger partial charge is 1.00 e. The van der Waals surface area contributed by atoms with Crippen molar-refractivity contribution in [1.29, 1.82) is 0 Å². The Hall–Kier alpha value is 0.310. The summed E-state index contributed by atoms with van der Waals surface area (Å²) in [5.74, 6) is 0.261. The Morgan fingerprint density at radius 2 is 2.10 bits per heavy atom. The molecule has 1 N–H and O–H groups in total. The van der Waals surface area contributed by atoms with Gasteiger partial charge in [0.05, 0.1) is 0 Å². The fourth-order valence-electron chi connectivity index (χ4n) is 0.629. The van der Waals surface area contributed by atoms with Crippen LogP contribution < -0.4 is 29.6 Å². The van der Waals surface area contributed by atoms with E-state index in [0.29, 0.717) is 5.02 Å².